The molecule has 7 aromatic rings. The molecule has 6 aromatic carbocycles. The van der Waals surface area contributed by atoms with Gasteiger partial charge < -0.3 is 4.57 Å². The standard InChI is InChI=1S/C39H29N/c1-24-25(2)39(40-35-22-12-10-18-31(35)32-19-11-13-23-36(32)40)26(3)38-34-21-9-7-17-30(34)28-15-5-4-14-27(28)29-16-6-8-20-33(29)37(24)38/h4-23H,1-3H3. The number of hydrogen-bond donors (Lipinski definition) is 0. The van der Waals surface area contributed by atoms with E-state index in [9.17, 15) is 0 Å². The van der Waals surface area contributed by atoms with E-state index in [-0.39, 0.29) is 0 Å². The molecule has 0 spiro atoms. The van der Waals surface area contributed by atoms with Gasteiger partial charge in [0.1, 0.15) is 0 Å². The van der Waals surface area contributed by atoms with Crippen molar-refractivity contribution in [1.82, 2.24) is 4.57 Å². The summed E-state index contributed by atoms with van der Waals surface area (Å²) < 4.78 is 2.50. The summed E-state index contributed by atoms with van der Waals surface area (Å²) in [5.74, 6) is 0. The second kappa shape index (κ2) is 8.56. The molecule has 1 nitrogen and oxygen atoms in total. The maximum Gasteiger partial charge on any atom is 0.0541 e. The summed E-state index contributed by atoms with van der Waals surface area (Å²) in [5, 5.41) is 2.59. The van der Waals surface area contributed by atoms with E-state index < -0.39 is 0 Å². The highest BCUT2D eigenvalue weighted by atomic mass is 15.0. The monoisotopic (exact) mass is 511 g/mol. The fourth-order valence-corrected chi connectivity index (χ4v) is 7.14. The van der Waals surface area contributed by atoms with Gasteiger partial charge in [0.05, 0.1) is 16.7 Å². The van der Waals surface area contributed by atoms with Crippen LogP contribution in [0, 0.1) is 20.8 Å². The summed E-state index contributed by atoms with van der Waals surface area (Å²) in [7, 11) is 0. The van der Waals surface area contributed by atoms with Crippen molar-refractivity contribution in [2.24, 2.45) is 0 Å². The van der Waals surface area contributed by atoms with Crippen LogP contribution in [0.2, 0.25) is 0 Å². The van der Waals surface area contributed by atoms with Crippen molar-refractivity contribution in [3.63, 3.8) is 0 Å². The Morgan fingerprint density at radius 1 is 0.350 bits per heavy atom. The van der Waals surface area contributed by atoms with Crippen LogP contribution in [0.15, 0.2) is 121 Å². The Balaban J connectivity index is 1.59. The van der Waals surface area contributed by atoms with Gasteiger partial charge in [-0.25, -0.2) is 0 Å². The van der Waals surface area contributed by atoms with E-state index in [1.165, 1.54) is 88.7 Å². The van der Waals surface area contributed by atoms with E-state index >= 15 is 0 Å². The average molecular weight is 512 g/mol. The Morgan fingerprint density at radius 3 is 1.18 bits per heavy atom. The van der Waals surface area contributed by atoms with Gasteiger partial charge in [-0.15, -0.1) is 0 Å². The van der Waals surface area contributed by atoms with Gasteiger partial charge in [-0.3, -0.25) is 0 Å². The number of fused-ring (bicyclic) bond motifs is 11. The molecule has 1 heteroatoms. The summed E-state index contributed by atoms with van der Waals surface area (Å²) >= 11 is 0. The zero-order valence-corrected chi connectivity index (χ0v) is 23.0. The summed E-state index contributed by atoms with van der Waals surface area (Å²) in [6.45, 7) is 6.96. The molecule has 0 radical (unpaired) electrons. The summed E-state index contributed by atoms with van der Waals surface area (Å²) in [4.78, 5) is 0. The van der Waals surface area contributed by atoms with Crippen molar-refractivity contribution in [2.45, 2.75) is 20.8 Å². The van der Waals surface area contributed by atoms with Gasteiger partial charge in [0.15, 0.2) is 0 Å². The van der Waals surface area contributed by atoms with Crippen molar-refractivity contribution < 1.29 is 0 Å². The average Bonchev–Trinajstić information content (AvgIpc) is 3.33. The van der Waals surface area contributed by atoms with Crippen molar-refractivity contribution in [1.29, 1.82) is 0 Å². The molecule has 0 unspecified atom stereocenters. The maximum atomic E-state index is 2.50. The van der Waals surface area contributed by atoms with Crippen molar-refractivity contribution in [2.75, 3.05) is 0 Å². The highest BCUT2D eigenvalue weighted by molar-refractivity contribution is 6.11. The van der Waals surface area contributed by atoms with Gasteiger partial charge in [0, 0.05) is 10.8 Å². The lowest BCUT2D eigenvalue weighted by molar-refractivity contribution is 1.11. The first-order valence-corrected chi connectivity index (χ1v) is 14.1. The molecule has 0 saturated carbocycles. The summed E-state index contributed by atoms with van der Waals surface area (Å²) in [6, 6.07) is 44.4. The Kier molecular flexibility index (Phi) is 4.93. The molecule has 40 heavy (non-hydrogen) atoms. The highest BCUT2D eigenvalue weighted by Gasteiger charge is 2.28. The van der Waals surface area contributed by atoms with Crippen LogP contribution in [0.4, 0.5) is 0 Å². The Bertz CT molecular complexity index is 2090. The van der Waals surface area contributed by atoms with E-state index in [0.29, 0.717) is 0 Å². The maximum absolute atomic E-state index is 2.50. The largest absolute Gasteiger partial charge is 0.309 e. The predicted molar refractivity (Wildman–Crippen MR) is 170 cm³/mol. The van der Waals surface area contributed by atoms with Crippen LogP contribution in [-0.4, -0.2) is 4.57 Å². The van der Waals surface area contributed by atoms with Crippen LogP contribution < -0.4 is 0 Å². The number of nitrogens with zero attached hydrogens (tertiary/aromatic N) is 1. The second-order valence-corrected chi connectivity index (χ2v) is 11.0. The van der Waals surface area contributed by atoms with Crippen LogP contribution in [-0.2, 0) is 0 Å². The molecule has 0 bridgehead atoms. The van der Waals surface area contributed by atoms with Gasteiger partial charge >= 0.3 is 0 Å². The first-order valence-electron chi connectivity index (χ1n) is 14.1. The molecule has 0 saturated heterocycles. The lowest BCUT2D eigenvalue weighted by Crippen LogP contribution is -2.08. The van der Waals surface area contributed by atoms with Crippen LogP contribution in [0.5, 0.6) is 0 Å². The minimum absolute atomic E-state index is 1.25. The summed E-state index contributed by atoms with van der Waals surface area (Å²) in [5.41, 5.74) is 18.2. The number of aromatic nitrogens is 1. The minimum atomic E-state index is 1.25. The molecule has 0 amide bonds. The fourth-order valence-electron chi connectivity index (χ4n) is 7.14. The molecular weight excluding hydrogens is 482 g/mol. The normalized spacial score (nSPS) is 11.9. The van der Waals surface area contributed by atoms with Gasteiger partial charge in [0.2, 0.25) is 0 Å². The Morgan fingerprint density at radius 2 is 0.700 bits per heavy atom. The van der Waals surface area contributed by atoms with Crippen molar-refractivity contribution >= 4 is 21.8 Å². The smallest absolute Gasteiger partial charge is 0.0541 e. The third-order valence-corrected chi connectivity index (χ3v) is 8.98. The first-order chi connectivity index (χ1) is 19.6. The van der Waals surface area contributed by atoms with Crippen LogP contribution >= 0.6 is 0 Å². The fraction of sp³-hybridized carbons (Fsp3) is 0.0769. The van der Waals surface area contributed by atoms with E-state index in [2.05, 4.69) is 147 Å². The van der Waals surface area contributed by atoms with Crippen molar-refractivity contribution in [3.05, 3.63) is 138 Å². The Hall–Kier alpha value is -4.88. The molecule has 0 atom stereocenters. The molecule has 1 aliphatic rings. The van der Waals surface area contributed by atoms with Crippen LogP contribution in [0.3, 0.4) is 0 Å². The van der Waals surface area contributed by atoms with E-state index in [0.717, 1.165) is 0 Å². The minimum Gasteiger partial charge on any atom is -0.309 e. The van der Waals surface area contributed by atoms with Crippen LogP contribution in [0.1, 0.15) is 16.7 Å². The third-order valence-electron chi connectivity index (χ3n) is 8.98. The first kappa shape index (κ1) is 23.0. The summed E-state index contributed by atoms with van der Waals surface area (Å²) in [6.07, 6.45) is 0. The molecule has 0 N–H and O–H groups in total. The quantitative estimate of drug-likeness (QED) is 0.206. The van der Waals surface area contributed by atoms with E-state index in [1.807, 2.05) is 0 Å². The number of rotatable bonds is 1. The zero-order chi connectivity index (χ0) is 27.0. The van der Waals surface area contributed by atoms with Gasteiger partial charge in [0.25, 0.3) is 0 Å². The van der Waals surface area contributed by atoms with E-state index in [1.54, 1.807) is 0 Å². The van der Waals surface area contributed by atoms with Crippen molar-refractivity contribution in [3.8, 4) is 50.2 Å². The number of benzene rings is 6. The van der Waals surface area contributed by atoms with Gasteiger partial charge in [-0.1, -0.05) is 109 Å². The molecule has 1 aliphatic carbocycles. The predicted octanol–water partition coefficient (Wildman–Crippen LogP) is 10.7. The topological polar surface area (TPSA) is 4.93 Å². The Labute approximate surface area is 235 Å². The second-order valence-electron chi connectivity index (χ2n) is 11.0. The molecule has 190 valence electrons. The van der Waals surface area contributed by atoms with Crippen LogP contribution in [0.25, 0.3) is 72.0 Å². The van der Waals surface area contributed by atoms with Gasteiger partial charge in [-0.05, 0) is 94.1 Å². The van der Waals surface area contributed by atoms with Gasteiger partial charge in [-0.2, -0.15) is 0 Å². The zero-order valence-electron chi connectivity index (χ0n) is 23.0. The lowest BCUT2D eigenvalue weighted by Gasteiger charge is -2.29. The molecule has 0 fully saturated rings. The SMILES string of the molecule is Cc1c(C)c(-n2c3ccccc3c3ccccc32)c(C)c2c1-c1ccccc1-c1ccccc1-c1ccccc1-2. The molecule has 0 aliphatic heterocycles. The molecule has 8 rings (SSSR count). The molecule has 1 aromatic heterocycles. The number of para-hydroxylation sites is 2. The lowest BCUT2D eigenvalue weighted by atomic mass is 9.76. The molecular formula is C39H29N. The highest BCUT2D eigenvalue weighted by Crippen LogP contribution is 2.52. The third kappa shape index (κ3) is 3.03. The number of hydrogen-bond acceptors (Lipinski definition) is 0. The molecule has 1 heterocycles. The van der Waals surface area contributed by atoms with E-state index in [4.69, 9.17) is 0 Å².